The highest BCUT2D eigenvalue weighted by Crippen LogP contribution is 2.32. The fourth-order valence-corrected chi connectivity index (χ4v) is 5.39. The molecular weight excluding hydrogens is 470 g/mol. The molecule has 3 heterocycles. The Balaban J connectivity index is 1.51. The molecular formula is C29H21N3O3S. The van der Waals surface area contributed by atoms with Crippen LogP contribution in [-0.2, 0) is 13.0 Å². The largest absolute Gasteiger partial charge is 0.422 e. The van der Waals surface area contributed by atoms with E-state index in [0.29, 0.717) is 16.1 Å². The highest BCUT2D eigenvalue weighted by atomic mass is 32.1. The van der Waals surface area contributed by atoms with Crippen molar-refractivity contribution in [3.05, 3.63) is 112 Å². The van der Waals surface area contributed by atoms with Gasteiger partial charge in [-0.05, 0) is 58.7 Å². The van der Waals surface area contributed by atoms with Crippen LogP contribution >= 0.6 is 11.3 Å². The molecule has 7 heteroatoms. The maximum Gasteiger partial charge on any atom is 0.349 e. The number of benzene rings is 3. The molecule has 0 aliphatic rings. The van der Waals surface area contributed by atoms with Crippen LogP contribution in [0.5, 0.6) is 0 Å². The van der Waals surface area contributed by atoms with Crippen molar-refractivity contribution < 1.29 is 9.21 Å². The summed E-state index contributed by atoms with van der Waals surface area (Å²) >= 11 is 1.43. The minimum atomic E-state index is -0.673. The number of hydrogen-bond acceptors (Lipinski definition) is 6. The molecule has 6 aromatic rings. The van der Waals surface area contributed by atoms with Gasteiger partial charge in [-0.1, -0.05) is 60.7 Å². The zero-order valence-corrected chi connectivity index (χ0v) is 20.3. The molecule has 3 aromatic heterocycles. The number of aryl methyl sites for hydroxylation is 1. The van der Waals surface area contributed by atoms with Crippen LogP contribution in [0.2, 0.25) is 0 Å². The number of aromatic nitrogens is 2. The van der Waals surface area contributed by atoms with Gasteiger partial charge in [0, 0.05) is 17.8 Å². The minimum Gasteiger partial charge on any atom is -0.422 e. The highest BCUT2D eigenvalue weighted by molar-refractivity contribution is 7.22. The second kappa shape index (κ2) is 9.02. The van der Waals surface area contributed by atoms with E-state index < -0.39 is 11.5 Å². The Morgan fingerprint density at radius 2 is 1.86 bits per heavy atom. The molecule has 0 bridgehead atoms. The highest BCUT2D eigenvalue weighted by Gasteiger charge is 2.25. The van der Waals surface area contributed by atoms with Crippen LogP contribution in [0, 0.1) is 0 Å². The van der Waals surface area contributed by atoms with Crippen molar-refractivity contribution in [3.8, 4) is 0 Å². The quantitative estimate of drug-likeness (QED) is 0.207. The van der Waals surface area contributed by atoms with Crippen molar-refractivity contribution in [2.45, 2.75) is 19.9 Å². The number of amides is 1. The number of carbonyl (C=O) groups is 1. The van der Waals surface area contributed by atoms with Crippen LogP contribution in [0.4, 0.5) is 5.13 Å². The van der Waals surface area contributed by atoms with Gasteiger partial charge in [-0.2, -0.15) is 0 Å². The molecule has 0 aliphatic heterocycles. The monoisotopic (exact) mass is 491 g/mol. The van der Waals surface area contributed by atoms with Crippen LogP contribution < -0.4 is 10.5 Å². The van der Waals surface area contributed by atoms with Gasteiger partial charge in [-0.25, -0.2) is 9.78 Å². The van der Waals surface area contributed by atoms with E-state index in [1.54, 1.807) is 24.5 Å². The lowest BCUT2D eigenvalue weighted by Gasteiger charge is -2.19. The summed E-state index contributed by atoms with van der Waals surface area (Å²) in [6, 6.07) is 23.0. The molecule has 0 fully saturated rings. The number of nitrogens with zero attached hydrogens (tertiary/aromatic N) is 3. The number of thiazole rings is 1. The van der Waals surface area contributed by atoms with Crippen molar-refractivity contribution in [1.82, 2.24) is 9.97 Å². The summed E-state index contributed by atoms with van der Waals surface area (Å²) in [5.74, 6) is -0.461. The lowest BCUT2D eigenvalue weighted by molar-refractivity contribution is 0.0981. The van der Waals surface area contributed by atoms with Crippen LogP contribution in [0.1, 0.15) is 28.4 Å². The smallest absolute Gasteiger partial charge is 0.349 e. The lowest BCUT2D eigenvalue weighted by atomic mass is 10.0. The van der Waals surface area contributed by atoms with E-state index in [-0.39, 0.29) is 12.1 Å². The van der Waals surface area contributed by atoms with Crippen LogP contribution in [0.25, 0.3) is 32.0 Å². The molecule has 6 rings (SSSR count). The van der Waals surface area contributed by atoms with Gasteiger partial charge in [0.25, 0.3) is 5.91 Å². The first-order valence-corrected chi connectivity index (χ1v) is 12.5. The second-order valence-electron chi connectivity index (χ2n) is 8.55. The predicted octanol–water partition coefficient (Wildman–Crippen LogP) is 6.36. The van der Waals surface area contributed by atoms with E-state index in [0.717, 1.165) is 33.0 Å². The zero-order chi connectivity index (χ0) is 24.6. The van der Waals surface area contributed by atoms with E-state index in [2.05, 4.69) is 18.0 Å². The first-order valence-electron chi connectivity index (χ1n) is 11.7. The molecule has 36 heavy (non-hydrogen) atoms. The van der Waals surface area contributed by atoms with Gasteiger partial charge >= 0.3 is 5.63 Å². The van der Waals surface area contributed by atoms with E-state index in [4.69, 9.17) is 9.40 Å². The Bertz CT molecular complexity index is 1810. The standard InChI is InChI=1S/C29H21N3O3S/c1-2-18-9-11-24-26(14-18)36-29(31-24)32(17-19-6-5-13-30-16-19)27(33)23-15-22-21-8-4-3-7-20(21)10-12-25(22)35-28(23)34/h3-16H,2,17H2,1H3. The third kappa shape index (κ3) is 3.93. The summed E-state index contributed by atoms with van der Waals surface area (Å²) in [6.45, 7) is 2.32. The van der Waals surface area contributed by atoms with Gasteiger partial charge in [0.2, 0.25) is 0 Å². The summed E-state index contributed by atoms with van der Waals surface area (Å²) < 4.78 is 6.61. The molecule has 1 amide bonds. The molecule has 3 aromatic carbocycles. The van der Waals surface area contributed by atoms with Crippen LogP contribution in [0.3, 0.4) is 0 Å². The number of anilines is 1. The van der Waals surface area contributed by atoms with Gasteiger partial charge in [-0.15, -0.1) is 0 Å². The predicted molar refractivity (Wildman–Crippen MR) is 144 cm³/mol. The second-order valence-corrected chi connectivity index (χ2v) is 9.56. The summed E-state index contributed by atoms with van der Waals surface area (Å²) in [4.78, 5) is 37.4. The van der Waals surface area contributed by atoms with Gasteiger partial charge in [-0.3, -0.25) is 14.7 Å². The average molecular weight is 492 g/mol. The molecule has 0 N–H and O–H groups in total. The maximum absolute atomic E-state index is 14.0. The Labute approximate surface area is 210 Å². The number of hydrogen-bond donors (Lipinski definition) is 0. The van der Waals surface area contributed by atoms with Crippen molar-refractivity contribution in [3.63, 3.8) is 0 Å². The fourth-order valence-electron chi connectivity index (χ4n) is 4.36. The van der Waals surface area contributed by atoms with E-state index in [1.165, 1.54) is 21.8 Å². The van der Waals surface area contributed by atoms with E-state index >= 15 is 0 Å². The first-order chi connectivity index (χ1) is 17.6. The normalized spacial score (nSPS) is 11.4. The molecule has 0 spiro atoms. The lowest BCUT2D eigenvalue weighted by Crippen LogP contribution is -2.33. The van der Waals surface area contributed by atoms with Crippen molar-refractivity contribution in [1.29, 1.82) is 0 Å². The Kier molecular flexibility index (Phi) is 5.54. The van der Waals surface area contributed by atoms with E-state index in [9.17, 15) is 9.59 Å². The molecule has 0 unspecified atom stereocenters. The Morgan fingerprint density at radius 3 is 2.69 bits per heavy atom. The maximum atomic E-state index is 14.0. The van der Waals surface area contributed by atoms with Crippen LogP contribution in [-0.4, -0.2) is 15.9 Å². The third-order valence-electron chi connectivity index (χ3n) is 6.26. The molecule has 0 saturated heterocycles. The van der Waals surface area contributed by atoms with Gasteiger partial charge in [0.05, 0.1) is 16.8 Å². The molecule has 0 aliphatic carbocycles. The van der Waals surface area contributed by atoms with Crippen molar-refractivity contribution >= 4 is 54.3 Å². The number of pyridine rings is 1. The van der Waals surface area contributed by atoms with Crippen molar-refractivity contribution in [2.75, 3.05) is 4.90 Å². The van der Waals surface area contributed by atoms with Gasteiger partial charge < -0.3 is 4.42 Å². The average Bonchev–Trinajstić information content (AvgIpc) is 3.34. The van der Waals surface area contributed by atoms with Gasteiger partial charge in [0.1, 0.15) is 11.1 Å². The number of carbonyl (C=O) groups excluding carboxylic acids is 1. The molecule has 0 atom stereocenters. The summed E-state index contributed by atoms with van der Waals surface area (Å²) in [5, 5.41) is 3.15. The third-order valence-corrected chi connectivity index (χ3v) is 7.30. The summed E-state index contributed by atoms with van der Waals surface area (Å²) in [5.41, 5.74) is 2.58. The molecule has 6 nitrogen and oxygen atoms in total. The van der Waals surface area contributed by atoms with E-state index in [1.807, 2.05) is 54.6 Å². The molecule has 0 radical (unpaired) electrons. The molecule has 176 valence electrons. The van der Waals surface area contributed by atoms with Crippen molar-refractivity contribution in [2.24, 2.45) is 0 Å². The summed E-state index contributed by atoms with van der Waals surface area (Å²) in [6.07, 6.45) is 4.30. The van der Waals surface area contributed by atoms with Crippen LogP contribution in [0.15, 0.2) is 94.4 Å². The number of fused-ring (bicyclic) bond motifs is 4. The first kappa shape index (κ1) is 22.1. The van der Waals surface area contributed by atoms with Gasteiger partial charge in [0.15, 0.2) is 5.13 Å². The Hall–Kier alpha value is -4.36. The topological polar surface area (TPSA) is 76.3 Å². The fraction of sp³-hybridized carbons (Fsp3) is 0.103. The minimum absolute atomic E-state index is 0.0313. The SMILES string of the molecule is CCc1ccc2nc(N(Cc3cccnc3)C(=O)c3cc4c(ccc5ccccc54)oc3=O)sc2c1. The zero-order valence-electron chi connectivity index (χ0n) is 19.5. The number of rotatable bonds is 5. The Morgan fingerprint density at radius 1 is 0.972 bits per heavy atom. The molecule has 0 saturated carbocycles. The summed E-state index contributed by atoms with van der Waals surface area (Å²) in [7, 11) is 0.